The first-order chi connectivity index (χ1) is 22.7. The van der Waals surface area contributed by atoms with Gasteiger partial charge in [-0.15, -0.1) is 0 Å². The number of carbonyl (C=O) groups is 4. The second-order valence-electron chi connectivity index (χ2n) is 13.0. The number of halogens is 1. The van der Waals surface area contributed by atoms with Gasteiger partial charge in [-0.2, -0.15) is 0 Å². The van der Waals surface area contributed by atoms with Crippen LogP contribution in [-0.4, -0.2) is 55.7 Å². The van der Waals surface area contributed by atoms with Crippen molar-refractivity contribution in [2.24, 2.45) is 23.0 Å². The Morgan fingerprint density at radius 1 is 1.00 bits per heavy atom. The topological polar surface area (TPSA) is 143 Å². The van der Waals surface area contributed by atoms with E-state index in [-0.39, 0.29) is 43.2 Å². The van der Waals surface area contributed by atoms with Crippen LogP contribution in [0.1, 0.15) is 77.5 Å². The zero-order valence-electron chi connectivity index (χ0n) is 28.7. The zero-order chi connectivity index (χ0) is 35.4. The lowest BCUT2D eigenvalue weighted by Crippen LogP contribution is -2.42. The molecule has 10 nitrogen and oxygen atoms in total. The summed E-state index contributed by atoms with van der Waals surface area (Å²) in [4.78, 5) is 51.3. The summed E-state index contributed by atoms with van der Waals surface area (Å²) in [6.07, 6.45) is 1.84. The minimum Gasteiger partial charge on any atom is -0.495 e. The van der Waals surface area contributed by atoms with Gasteiger partial charge in [0.1, 0.15) is 11.9 Å². The number of nitrogens with one attached hydrogen (secondary N) is 1. The molecule has 1 aliphatic carbocycles. The van der Waals surface area contributed by atoms with Gasteiger partial charge in [0.2, 0.25) is 11.8 Å². The predicted molar refractivity (Wildman–Crippen MR) is 183 cm³/mol. The highest BCUT2D eigenvalue weighted by Gasteiger charge is 2.52. The number of nitrogens with two attached hydrogens (primary N) is 1. The Kier molecular flexibility index (Phi) is 14.5. The third kappa shape index (κ3) is 11.7. The van der Waals surface area contributed by atoms with Crippen LogP contribution in [0.2, 0.25) is 5.02 Å². The van der Waals surface area contributed by atoms with Crippen LogP contribution in [0.25, 0.3) is 0 Å². The van der Waals surface area contributed by atoms with Crippen LogP contribution in [-0.2, 0) is 39.8 Å². The molecular weight excluding hydrogens is 636 g/mol. The van der Waals surface area contributed by atoms with Crippen LogP contribution in [0.4, 0.5) is 0 Å². The number of esters is 2. The molecule has 0 bridgehead atoms. The lowest BCUT2D eigenvalue weighted by molar-refractivity contribution is -0.181. The minimum absolute atomic E-state index is 0.0116. The van der Waals surface area contributed by atoms with Gasteiger partial charge in [-0.3, -0.25) is 14.4 Å². The molecule has 3 rings (SSSR count). The molecule has 0 radical (unpaired) electrons. The normalized spacial score (nSPS) is 16.8. The molecule has 11 heteroatoms. The van der Waals surface area contributed by atoms with Crippen molar-refractivity contribution in [1.82, 2.24) is 5.32 Å². The maximum Gasteiger partial charge on any atom is 0.347 e. The van der Waals surface area contributed by atoms with Crippen molar-refractivity contribution in [3.8, 4) is 5.75 Å². The van der Waals surface area contributed by atoms with Crippen molar-refractivity contribution < 1.29 is 38.1 Å². The summed E-state index contributed by atoms with van der Waals surface area (Å²) in [6.45, 7) is 9.42. The van der Waals surface area contributed by atoms with E-state index in [1.807, 2.05) is 57.2 Å². The maximum atomic E-state index is 13.6. The quantitative estimate of drug-likeness (QED) is 0.138. The highest BCUT2D eigenvalue weighted by atomic mass is 35.5. The van der Waals surface area contributed by atoms with E-state index in [1.54, 1.807) is 26.0 Å². The Bertz CT molecular complexity index is 1430. The Balaban J connectivity index is 1.64. The summed E-state index contributed by atoms with van der Waals surface area (Å²) in [5, 5.41) is 3.37. The number of primary amides is 1. The Morgan fingerprint density at radius 2 is 1.69 bits per heavy atom. The van der Waals surface area contributed by atoms with Gasteiger partial charge in [-0.1, -0.05) is 74.8 Å². The summed E-state index contributed by atoms with van der Waals surface area (Å²) in [5.41, 5.74) is 6.21. The number of methoxy groups -OCH3 is 1. The standard InChI is InChI=1S/C37H49ClN2O8/c1-23(2)19-32(35(43)47-30(13-10-14-33(39)41)26(5)46-25(4)28-11-8-7-9-12-28)48-36(44)37(17-18-37)22-40-34(42)24(3)20-27-15-16-31(45-6)29(38)21-27/h7-12,14-16,21,23-26,30,32H,13,17-20,22H2,1-6H3,(H2,39,41)(H,40,42)/b14-10+/t24-,25+,26+,30+,32+/m1/s1. The number of rotatable bonds is 19. The number of ether oxygens (including phenoxy) is 4. The number of hydrogen-bond donors (Lipinski definition) is 2. The lowest BCUT2D eigenvalue weighted by Gasteiger charge is -2.29. The van der Waals surface area contributed by atoms with Crippen molar-refractivity contribution in [3.05, 3.63) is 76.8 Å². The van der Waals surface area contributed by atoms with E-state index in [2.05, 4.69) is 5.32 Å². The second-order valence-corrected chi connectivity index (χ2v) is 13.4. The predicted octanol–water partition coefficient (Wildman–Crippen LogP) is 5.89. The molecular formula is C37H49ClN2O8. The number of benzene rings is 2. The molecule has 0 aromatic heterocycles. The number of carbonyl (C=O) groups excluding carboxylic acids is 4. The smallest absolute Gasteiger partial charge is 0.347 e. The molecule has 1 aliphatic rings. The molecule has 0 spiro atoms. The SMILES string of the molecule is COc1ccc(C[C@@H](C)C(=O)NCC2(C(=O)O[C@@H](CC(C)C)C(=O)O[C@@H](C/C=C/C(N)=O)[C@H](C)O[C@@H](C)c3ccccc3)CC2)cc1Cl. The molecule has 0 heterocycles. The van der Waals surface area contributed by atoms with Crippen LogP contribution in [0.3, 0.4) is 0 Å². The zero-order valence-corrected chi connectivity index (χ0v) is 29.5. The van der Waals surface area contributed by atoms with Crippen LogP contribution in [0.5, 0.6) is 5.75 Å². The summed E-state index contributed by atoms with van der Waals surface area (Å²) in [6, 6.07) is 15.0. The van der Waals surface area contributed by atoms with E-state index in [4.69, 9.17) is 36.3 Å². The molecule has 5 atom stereocenters. The molecule has 3 N–H and O–H groups in total. The van der Waals surface area contributed by atoms with Gasteiger partial charge in [0.05, 0.1) is 29.8 Å². The van der Waals surface area contributed by atoms with E-state index in [9.17, 15) is 19.2 Å². The molecule has 262 valence electrons. The van der Waals surface area contributed by atoms with Gasteiger partial charge in [0, 0.05) is 18.9 Å². The van der Waals surface area contributed by atoms with Gasteiger partial charge in [-0.05, 0) is 74.8 Å². The van der Waals surface area contributed by atoms with Crippen LogP contribution in [0, 0.1) is 17.3 Å². The molecule has 2 amide bonds. The molecule has 48 heavy (non-hydrogen) atoms. The van der Waals surface area contributed by atoms with E-state index in [0.29, 0.717) is 30.0 Å². The van der Waals surface area contributed by atoms with Crippen LogP contribution in [0.15, 0.2) is 60.7 Å². The van der Waals surface area contributed by atoms with Gasteiger partial charge < -0.3 is 30.0 Å². The Labute approximate surface area is 288 Å². The maximum absolute atomic E-state index is 13.6. The third-order valence-corrected chi connectivity index (χ3v) is 8.72. The average molecular weight is 685 g/mol. The largest absolute Gasteiger partial charge is 0.495 e. The van der Waals surface area contributed by atoms with Crippen molar-refractivity contribution >= 4 is 35.4 Å². The van der Waals surface area contributed by atoms with Crippen molar-refractivity contribution in [2.45, 2.75) is 91.1 Å². The van der Waals surface area contributed by atoms with E-state index in [0.717, 1.165) is 11.1 Å². The summed E-state index contributed by atoms with van der Waals surface area (Å²) >= 11 is 6.24. The Hall–Kier alpha value is -3.89. The third-order valence-electron chi connectivity index (χ3n) is 8.42. The number of hydrogen-bond acceptors (Lipinski definition) is 8. The van der Waals surface area contributed by atoms with Crippen molar-refractivity contribution in [2.75, 3.05) is 13.7 Å². The molecule has 0 unspecified atom stereocenters. The fraction of sp³-hybridized carbons (Fsp3) is 0.514. The van der Waals surface area contributed by atoms with Crippen LogP contribution >= 0.6 is 11.6 Å². The first-order valence-corrected chi connectivity index (χ1v) is 16.8. The van der Waals surface area contributed by atoms with Crippen molar-refractivity contribution in [1.29, 1.82) is 0 Å². The highest BCUT2D eigenvalue weighted by molar-refractivity contribution is 6.32. The van der Waals surface area contributed by atoms with E-state index >= 15 is 0 Å². The summed E-state index contributed by atoms with van der Waals surface area (Å²) in [5.74, 6) is -1.89. The average Bonchev–Trinajstić information content (AvgIpc) is 3.84. The van der Waals surface area contributed by atoms with Gasteiger partial charge in [-0.25, -0.2) is 4.79 Å². The molecule has 1 fully saturated rings. The van der Waals surface area contributed by atoms with Gasteiger partial charge >= 0.3 is 11.9 Å². The first-order valence-electron chi connectivity index (χ1n) is 16.4. The fourth-order valence-electron chi connectivity index (χ4n) is 5.28. The molecule has 0 saturated heterocycles. The summed E-state index contributed by atoms with van der Waals surface area (Å²) < 4.78 is 23.1. The molecule has 2 aromatic carbocycles. The summed E-state index contributed by atoms with van der Waals surface area (Å²) in [7, 11) is 1.54. The van der Waals surface area contributed by atoms with E-state index < -0.39 is 41.6 Å². The minimum atomic E-state index is -1.16. The monoisotopic (exact) mass is 684 g/mol. The van der Waals surface area contributed by atoms with E-state index in [1.165, 1.54) is 19.3 Å². The highest BCUT2D eigenvalue weighted by Crippen LogP contribution is 2.46. The lowest BCUT2D eigenvalue weighted by atomic mass is 9.99. The number of amides is 2. The van der Waals surface area contributed by atoms with Crippen molar-refractivity contribution in [3.63, 3.8) is 0 Å². The first kappa shape index (κ1) is 38.6. The second kappa shape index (κ2) is 18.0. The van der Waals surface area contributed by atoms with Crippen LogP contribution < -0.4 is 15.8 Å². The molecule has 2 aromatic rings. The fourth-order valence-corrected chi connectivity index (χ4v) is 5.56. The molecule has 0 aliphatic heterocycles. The van der Waals surface area contributed by atoms with Gasteiger partial charge in [0.25, 0.3) is 0 Å². The van der Waals surface area contributed by atoms with Gasteiger partial charge in [0.15, 0.2) is 6.10 Å². The Morgan fingerprint density at radius 3 is 2.27 bits per heavy atom. The molecule has 1 saturated carbocycles.